The minimum atomic E-state index is -0.944. The van der Waals surface area contributed by atoms with Crippen LogP contribution < -0.4 is 5.32 Å². The van der Waals surface area contributed by atoms with E-state index in [2.05, 4.69) is 5.32 Å². The highest BCUT2D eigenvalue weighted by molar-refractivity contribution is 5.70. The lowest BCUT2D eigenvalue weighted by Gasteiger charge is -2.26. The lowest BCUT2D eigenvalue weighted by molar-refractivity contribution is -0.138. The fourth-order valence-corrected chi connectivity index (χ4v) is 0.939. The summed E-state index contributed by atoms with van der Waals surface area (Å²) in [5.74, 6) is -0.944. The van der Waals surface area contributed by atoms with Crippen molar-refractivity contribution in [3.63, 3.8) is 0 Å². The molecule has 1 atom stereocenters. The lowest BCUT2D eigenvalue weighted by Crippen LogP contribution is -2.47. The van der Waals surface area contributed by atoms with E-state index in [1.807, 2.05) is 0 Å². The van der Waals surface area contributed by atoms with Crippen molar-refractivity contribution in [1.29, 1.82) is 0 Å². The third-order valence-corrected chi connectivity index (χ3v) is 1.77. The summed E-state index contributed by atoms with van der Waals surface area (Å²) in [7, 11) is 1.61. The van der Waals surface area contributed by atoms with E-state index in [1.165, 1.54) is 4.90 Å². The standard InChI is InChI=1S/C10H20N2O4/c1-7(12(5)6-8(13)14)11-9(15)16-10(2,3)4/h7H,6H2,1-5H3,(H,11,15)(H,13,14). The van der Waals surface area contributed by atoms with Gasteiger partial charge in [-0.3, -0.25) is 9.69 Å². The number of likely N-dealkylation sites (N-methyl/N-ethyl adjacent to an activating group) is 1. The summed E-state index contributed by atoms with van der Waals surface area (Å²) in [4.78, 5) is 23.3. The number of hydrogen-bond acceptors (Lipinski definition) is 4. The number of carbonyl (C=O) groups is 2. The number of nitrogens with zero attached hydrogens (tertiary/aromatic N) is 1. The molecular formula is C10H20N2O4. The molecule has 1 amide bonds. The molecule has 0 spiro atoms. The van der Waals surface area contributed by atoms with Crippen molar-refractivity contribution >= 4 is 12.1 Å². The van der Waals surface area contributed by atoms with E-state index in [0.29, 0.717) is 0 Å². The van der Waals surface area contributed by atoms with Gasteiger partial charge in [0.05, 0.1) is 12.7 Å². The second-order valence-electron chi connectivity index (χ2n) is 4.63. The molecular weight excluding hydrogens is 212 g/mol. The first-order valence-corrected chi connectivity index (χ1v) is 5.03. The van der Waals surface area contributed by atoms with Crippen LogP contribution in [0.3, 0.4) is 0 Å². The predicted molar refractivity (Wildman–Crippen MR) is 59.1 cm³/mol. The maximum Gasteiger partial charge on any atom is 0.408 e. The van der Waals surface area contributed by atoms with E-state index in [9.17, 15) is 9.59 Å². The molecule has 0 aromatic rings. The molecule has 16 heavy (non-hydrogen) atoms. The predicted octanol–water partition coefficient (Wildman–Crippen LogP) is 0.873. The van der Waals surface area contributed by atoms with Gasteiger partial charge in [-0.15, -0.1) is 0 Å². The number of ether oxygens (including phenoxy) is 1. The summed E-state index contributed by atoms with van der Waals surface area (Å²) in [6.07, 6.45) is -0.955. The monoisotopic (exact) mass is 232 g/mol. The smallest absolute Gasteiger partial charge is 0.408 e. The highest BCUT2D eigenvalue weighted by Gasteiger charge is 2.19. The van der Waals surface area contributed by atoms with Crippen LogP contribution in [0, 0.1) is 0 Å². The SMILES string of the molecule is CC(NC(=O)OC(C)(C)C)N(C)CC(=O)O. The molecule has 0 bridgehead atoms. The van der Waals surface area contributed by atoms with Crippen molar-refractivity contribution in [1.82, 2.24) is 10.2 Å². The van der Waals surface area contributed by atoms with Gasteiger partial charge in [-0.05, 0) is 34.7 Å². The van der Waals surface area contributed by atoms with E-state index < -0.39 is 23.8 Å². The van der Waals surface area contributed by atoms with Gasteiger partial charge in [-0.1, -0.05) is 0 Å². The Bertz CT molecular complexity index is 260. The van der Waals surface area contributed by atoms with Gasteiger partial charge in [0.1, 0.15) is 5.60 Å². The number of carbonyl (C=O) groups excluding carboxylic acids is 1. The molecule has 0 heterocycles. The lowest BCUT2D eigenvalue weighted by atomic mass is 10.2. The van der Waals surface area contributed by atoms with Gasteiger partial charge in [-0.2, -0.15) is 0 Å². The van der Waals surface area contributed by atoms with Crippen molar-refractivity contribution < 1.29 is 19.4 Å². The second-order valence-corrected chi connectivity index (χ2v) is 4.63. The van der Waals surface area contributed by atoms with Crippen molar-refractivity contribution in [2.24, 2.45) is 0 Å². The van der Waals surface area contributed by atoms with Crippen molar-refractivity contribution in [2.45, 2.75) is 39.5 Å². The first kappa shape index (κ1) is 14.7. The number of hydrogen-bond donors (Lipinski definition) is 2. The number of carboxylic acid groups (broad SMARTS) is 1. The topological polar surface area (TPSA) is 78.9 Å². The largest absolute Gasteiger partial charge is 0.480 e. The van der Waals surface area contributed by atoms with Crippen LogP contribution in [0.5, 0.6) is 0 Å². The Morgan fingerprint density at radius 1 is 1.44 bits per heavy atom. The molecule has 94 valence electrons. The second kappa shape index (κ2) is 5.69. The van der Waals surface area contributed by atoms with Crippen molar-refractivity contribution in [3.8, 4) is 0 Å². The zero-order chi connectivity index (χ0) is 12.9. The van der Waals surface area contributed by atoms with Crippen LogP contribution in [-0.4, -0.2) is 47.4 Å². The van der Waals surface area contributed by atoms with Crippen LogP contribution in [0.1, 0.15) is 27.7 Å². The van der Waals surface area contributed by atoms with Gasteiger partial charge in [-0.25, -0.2) is 4.79 Å². The molecule has 0 radical (unpaired) electrons. The molecule has 1 unspecified atom stereocenters. The van der Waals surface area contributed by atoms with Crippen LogP contribution in [-0.2, 0) is 9.53 Å². The molecule has 6 nitrogen and oxygen atoms in total. The summed E-state index contributed by atoms with van der Waals surface area (Å²) in [6.45, 7) is 6.83. The Kier molecular flexibility index (Phi) is 5.23. The molecule has 0 rings (SSSR count). The van der Waals surface area contributed by atoms with Gasteiger partial charge < -0.3 is 15.2 Å². The normalized spacial score (nSPS) is 13.4. The molecule has 0 saturated heterocycles. The summed E-state index contributed by atoms with van der Waals surface area (Å²) in [5.41, 5.74) is -0.560. The Hall–Kier alpha value is -1.30. The van der Waals surface area contributed by atoms with Gasteiger partial charge in [0.2, 0.25) is 0 Å². The number of carboxylic acids is 1. The third-order valence-electron chi connectivity index (χ3n) is 1.77. The highest BCUT2D eigenvalue weighted by atomic mass is 16.6. The summed E-state index contributed by atoms with van der Waals surface area (Å²) in [5, 5.41) is 11.1. The van der Waals surface area contributed by atoms with Crippen LogP contribution in [0.2, 0.25) is 0 Å². The number of rotatable bonds is 4. The Morgan fingerprint density at radius 2 is 1.94 bits per heavy atom. The average molecular weight is 232 g/mol. The Balaban J connectivity index is 4.09. The van der Waals surface area contributed by atoms with Gasteiger partial charge >= 0.3 is 12.1 Å². The minimum Gasteiger partial charge on any atom is -0.480 e. The Morgan fingerprint density at radius 3 is 2.31 bits per heavy atom. The highest BCUT2D eigenvalue weighted by Crippen LogP contribution is 2.06. The van der Waals surface area contributed by atoms with Gasteiger partial charge in [0, 0.05) is 0 Å². The van der Waals surface area contributed by atoms with Crippen molar-refractivity contribution in [3.05, 3.63) is 0 Å². The summed E-state index contributed by atoms with van der Waals surface area (Å²) >= 11 is 0. The summed E-state index contributed by atoms with van der Waals surface area (Å²) < 4.78 is 5.04. The van der Waals surface area contributed by atoms with Crippen molar-refractivity contribution in [2.75, 3.05) is 13.6 Å². The molecule has 0 aromatic heterocycles. The Labute approximate surface area is 95.6 Å². The molecule has 0 fully saturated rings. The van der Waals surface area contributed by atoms with Gasteiger partial charge in [0.15, 0.2) is 0 Å². The maximum atomic E-state index is 11.4. The van der Waals surface area contributed by atoms with E-state index in [1.54, 1.807) is 34.7 Å². The minimum absolute atomic E-state index is 0.142. The zero-order valence-corrected chi connectivity index (χ0v) is 10.4. The number of amides is 1. The van der Waals surface area contributed by atoms with E-state index in [0.717, 1.165) is 0 Å². The van der Waals surface area contributed by atoms with Crippen LogP contribution in [0.4, 0.5) is 4.79 Å². The fourth-order valence-electron chi connectivity index (χ4n) is 0.939. The molecule has 0 aliphatic heterocycles. The van der Waals surface area contributed by atoms with Crippen LogP contribution in [0.15, 0.2) is 0 Å². The van der Waals surface area contributed by atoms with Gasteiger partial charge in [0.25, 0.3) is 0 Å². The quantitative estimate of drug-likeness (QED) is 0.703. The van der Waals surface area contributed by atoms with Crippen LogP contribution in [0.25, 0.3) is 0 Å². The molecule has 2 N–H and O–H groups in total. The van der Waals surface area contributed by atoms with E-state index in [4.69, 9.17) is 9.84 Å². The average Bonchev–Trinajstić information content (AvgIpc) is 1.98. The summed E-state index contributed by atoms with van der Waals surface area (Å²) in [6, 6.07) is 0. The molecule has 0 aliphatic carbocycles. The molecule has 0 aliphatic rings. The fraction of sp³-hybridized carbons (Fsp3) is 0.800. The third kappa shape index (κ3) is 7.05. The first-order valence-electron chi connectivity index (χ1n) is 5.03. The molecule has 0 saturated carbocycles. The molecule has 0 aromatic carbocycles. The number of alkyl carbamates (subject to hydrolysis) is 1. The maximum absolute atomic E-state index is 11.4. The number of aliphatic carboxylic acids is 1. The van der Waals surface area contributed by atoms with Crippen LogP contribution >= 0.6 is 0 Å². The number of nitrogens with one attached hydrogen (secondary N) is 1. The molecule has 6 heteroatoms. The zero-order valence-electron chi connectivity index (χ0n) is 10.4. The van der Waals surface area contributed by atoms with E-state index in [-0.39, 0.29) is 6.54 Å². The first-order chi connectivity index (χ1) is 7.11. The van der Waals surface area contributed by atoms with E-state index >= 15 is 0 Å².